The van der Waals surface area contributed by atoms with E-state index in [0.717, 1.165) is 22.5 Å². The van der Waals surface area contributed by atoms with Crippen molar-refractivity contribution in [3.8, 4) is 0 Å². The van der Waals surface area contributed by atoms with Crippen LogP contribution in [0.3, 0.4) is 0 Å². The second-order valence-corrected chi connectivity index (χ2v) is 6.18. The first kappa shape index (κ1) is 15.7. The number of nitrogens with one attached hydrogen (secondary N) is 1. The molecule has 1 aliphatic heterocycles. The molecule has 0 bridgehead atoms. The van der Waals surface area contributed by atoms with Crippen LogP contribution in [-0.4, -0.2) is 50.7 Å². The molecule has 25 heavy (non-hydrogen) atoms. The number of carbonyl (C=O) groups is 1. The van der Waals surface area contributed by atoms with Crippen molar-refractivity contribution < 1.29 is 9.53 Å². The summed E-state index contributed by atoms with van der Waals surface area (Å²) in [6.45, 7) is 5.38. The Morgan fingerprint density at radius 2 is 2.08 bits per heavy atom. The van der Waals surface area contributed by atoms with Gasteiger partial charge in [0.25, 0.3) is 5.91 Å². The standard InChI is InChI=1S/C18H19N5O2/c1-11-17(12(2)22-21-11)16-10-25-8-7-23(16)18(24)15-9-19-13-5-3-4-6-14(13)20-15/h3-6,9,16H,7-8,10H2,1-2H3,(H,21,22). The first-order valence-electron chi connectivity index (χ1n) is 8.27. The maximum Gasteiger partial charge on any atom is 0.274 e. The number of hydrogen-bond acceptors (Lipinski definition) is 5. The summed E-state index contributed by atoms with van der Waals surface area (Å²) in [5.41, 5.74) is 4.70. The van der Waals surface area contributed by atoms with Crippen LogP contribution < -0.4 is 0 Å². The van der Waals surface area contributed by atoms with Crippen molar-refractivity contribution in [2.45, 2.75) is 19.9 Å². The van der Waals surface area contributed by atoms with E-state index in [4.69, 9.17) is 4.74 Å². The molecule has 2 aromatic heterocycles. The summed E-state index contributed by atoms with van der Waals surface area (Å²) in [6.07, 6.45) is 1.55. The van der Waals surface area contributed by atoms with Crippen LogP contribution in [0, 0.1) is 13.8 Å². The molecule has 1 fully saturated rings. The van der Waals surface area contributed by atoms with Crippen LogP contribution in [0.2, 0.25) is 0 Å². The van der Waals surface area contributed by atoms with E-state index in [1.165, 1.54) is 0 Å². The summed E-state index contributed by atoms with van der Waals surface area (Å²) in [5, 5.41) is 7.24. The van der Waals surface area contributed by atoms with E-state index in [-0.39, 0.29) is 11.9 Å². The molecule has 128 valence electrons. The zero-order chi connectivity index (χ0) is 17.4. The lowest BCUT2D eigenvalue weighted by molar-refractivity contribution is -0.00332. The fourth-order valence-electron chi connectivity index (χ4n) is 3.34. The predicted octanol–water partition coefficient (Wildman–Crippen LogP) is 2.18. The lowest BCUT2D eigenvalue weighted by Crippen LogP contribution is -2.44. The topological polar surface area (TPSA) is 84.0 Å². The first-order valence-corrected chi connectivity index (χ1v) is 8.27. The molecule has 0 aliphatic carbocycles. The van der Waals surface area contributed by atoms with Crippen molar-refractivity contribution in [3.05, 3.63) is 53.1 Å². The minimum Gasteiger partial charge on any atom is -0.377 e. The summed E-state index contributed by atoms with van der Waals surface area (Å²) < 4.78 is 5.63. The normalized spacial score (nSPS) is 17.8. The second-order valence-electron chi connectivity index (χ2n) is 6.18. The summed E-state index contributed by atoms with van der Waals surface area (Å²) in [7, 11) is 0. The fraction of sp³-hybridized carbons (Fsp3) is 0.333. The molecule has 0 spiro atoms. The predicted molar refractivity (Wildman–Crippen MR) is 92.2 cm³/mol. The van der Waals surface area contributed by atoms with Gasteiger partial charge in [-0.3, -0.25) is 14.9 Å². The van der Waals surface area contributed by atoms with Gasteiger partial charge in [-0.2, -0.15) is 5.10 Å². The van der Waals surface area contributed by atoms with Crippen molar-refractivity contribution in [2.24, 2.45) is 0 Å². The Kier molecular flexibility index (Phi) is 3.93. The maximum atomic E-state index is 13.1. The minimum absolute atomic E-state index is 0.133. The Morgan fingerprint density at radius 1 is 1.28 bits per heavy atom. The van der Waals surface area contributed by atoms with Crippen molar-refractivity contribution in [1.29, 1.82) is 0 Å². The lowest BCUT2D eigenvalue weighted by atomic mass is 10.0. The van der Waals surface area contributed by atoms with Gasteiger partial charge < -0.3 is 9.64 Å². The third-order valence-electron chi connectivity index (χ3n) is 4.58. The molecule has 0 radical (unpaired) electrons. The van der Waals surface area contributed by atoms with Gasteiger partial charge in [0.1, 0.15) is 5.69 Å². The number of hydrogen-bond donors (Lipinski definition) is 1. The van der Waals surface area contributed by atoms with E-state index in [1.54, 1.807) is 6.20 Å². The zero-order valence-corrected chi connectivity index (χ0v) is 14.2. The van der Waals surface area contributed by atoms with Crippen LogP contribution in [0.5, 0.6) is 0 Å². The Bertz CT molecular complexity index is 917. The molecule has 1 atom stereocenters. The number of carbonyl (C=O) groups excluding carboxylic acids is 1. The number of rotatable bonds is 2. The maximum absolute atomic E-state index is 13.1. The van der Waals surface area contributed by atoms with Crippen molar-refractivity contribution in [3.63, 3.8) is 0 Å². The van der Waals surface area contributed by atoms with Gasteiger partial charge in [-0.05, 0) is 26.0 Å². The molecule has 3 heterocycles. The number of H-pyrrole nitrogens is 1. The number of ether oxygens (including phenoxy) is 1. The molecule has 1 N–H and O–H groups in total. The molecule has 1 unspecified atom stereocenters. The molecule has 1 aromatic carbocycles. The Labute approximate surface area is 145 Å². The molecule has 1 aliphatic rings. The smallest absolute Gasteiger partial charge is 0.274 e. The first-order chi connectivity index (χ1) is 12.1. The van der Waals surface area contributed by atoms with Crippen LogP contribution in [0.15, 0.2) is 30.5 Å². The van der Waals surface area contributed by atoms with E-state index >= 15 is 0 Å². The molecular formula is C18H19N5O2. The second kappa shape index (κ2) is 6.25. The van der Waals surface area contributed by atoms with E-state index in [9.17, 15) is 4.79 Å². The van der Waals surface area contributed by atoms with Gasteiger partial charge in [0.2, 0.25) is 0 Å². The number of fused-ring (bicyclic) bond motifs is 1. The van der Waals surface area contributed by atoms with Gasteiger partial charge in [0.15, 0.2) is 0 Å². The number of benzene rings is 1. The monoisotopic (exact) mass is 337 g/mol. The number of para-hydroxylation sites is 2. The summed E-state index contributed by atoms with van der Waals surface area (Å²) in [5.74, 6) is -0.133. The van der Waals surface area contributed by atoms with Gasteiger partial charge in [-0.25, -0.2) is 4.98 Å². The Hall–Kier alpha value is -2.80. The van der Waals surface area contributed by atoms with E-state index in [1.807, 2.05) is 43.0 Å². The van der Waals surface area contributed by atoms with Gasteiger partial charge in [-0.1, -0.05) is 12.1 Å². The molecule has 7 nitrogen and oxygen atoms in total. The van der Waals surface area contributed by atoms with E-state index in [0.29, 0.717) is 31.0 Å². The highest BCUT2D eigenvalue weighted by Crippen LogP contribution is 2.29. The van der Waals surface area contributed by atoms with Crippen molar-refractivity contribution in [1.82, 2.24) is 25.1 Å². The van der Waals surface area contributed by atoms with Crippen LogP contribution in [0.4, 0.5) is 0 Å². The number of aromatic nitrogens is 4. The molecule has 3 aromatic rings. The van der Waals surface area contributed by atoms with Crippen molar-refractivity contribution >= 4 is 16.9 Å². The van der Waals surface area contributed by atoms with Crippen LogP contribution in [0.1, 0.15) is 33.5 Å². The summed E-state index contributed by atoms with van der Waals surface area (Å²) in [4.78, 5) is 23.8. The molecule has 0 saturated carbocycles. The number of aromatic amines is 1. The number of morpholine rings is 1. The van der Waals surface area contributed by atoms with E-state index < -0.39 is 0 Å². The fourth-order valence-corrected chi connectivity index (χ4v) is 3.34. The summed E-state index contributed by atoms with van der Waals surface area (Å²) >= 11 is 0. The average Bonchev–Trinajstić information content (AvgIpc) is 2.99. The van der Waals surface area contributed by atoms with Crippen LogP contribution in [0.25, 0.3) is 11.0 Å². The van der Waals surface area contributed by atoms with E-state index in [2.05, 4.69) is 20.2 Å². The van der Waals surface area contributed by atoms with Gasteiger partial charge in [-0.15, -0.1) is 0 Å². The lowest BCUT2D eigenvalue weighted by Gasteiger charge is -2.35. The highest BCUT2D eigenvalue weighted by atomic mass is 16.5. The van der Waals surface area contributed by atoms with Gasteiger partial charge in [0.05, 0.1) is 42.2 Å². The van der Waals surface area contributed by atoms with Crippen LogP contribution >= 0.6 is 0 Å². The zero-order valence-electron chi connectivity index (χ0n) is 14.2. The molecular weight excluding hydrogens is 318 g/mol. The largest absolute Gasteiger partial charge is 0.377 e. The number of aryl methyl sites for hydroxylation is 2. The highest BCUT2D eigenvalue weighted by Gasteiger charge is 2.33. The van der Waals surface area contributed by atoms with Crippen LogP contribution in [-0.2, 0) is 4.74 Å². The Morgan fingerprint density at radius 3 is 2.84 bits per heavy atom. The molecule has 4 rings (SSSR count). The number of nitrogens with zero attached hydrogens (tertiary/aromatic N) is 4. The minimum atomic E-state index is -0.173. The van der Waals surface area contributed by atoms with Gasteiger partial charge >= 0.3 is 0 Å². The third-order valence-corrected chi connectivity index (χ3v) is 4.58. The SMILES string of the molecule is Cc1n[nH]c(C)c1C1COCCN1C(=O)c1cnc2ccccc2n1. The van der Waals surface area contributed by atoms with Gasteiger partial charge in [0, 0.05) is 17.8 Å². The molecule has 1 amide bonds. The summed E-state index contributed by atoms with van der Waals surface area (Å²) in [6, 6.07) is 7.36. The number of amides is 1. The third kappa shape index (κ3) is 2.76. The molecule has 1 saturated heterocycles. The highest BCUT2D eigenvalue weighted by molar-refractivity contribution is 5.94. The quantitative estimate of drug-likeness (QED) is 0.775. The van der Waals surface area contributed by atoms with Crippen molar-refractivity contribution in [2.75, 3.05) is 19.8 Å². The Balaban J connectivity index is 1.71. The molecule has 7 heteroatoms. The average molecular weight is 337 g/mol.